The van der Waals surface area contributed by atoms with Gasteiger partial charge in [-0.2, -0.15) is 0 Å². The van der Waals surface area contributed by atoms with Gasteiger partial charge in [-0.3, -0.25) is 0 Å². The van der Waals surface area contributed by atoms with Gasteiger partial charge >= 0.3 is 0 Å². The van der Waals surface area contributed by atoms with E-state index in [9.17, 15) is 4.39 Å². The van der Waals surface area contributed by atoms with Gasteiger partial charge in [-0.15, -0.1) is 11.3 Å². The monoisotopic (exact) mass is 264 g/mol. The third-order valence-corrected chi connectivity index (χ3v) is 3.58. The second-order valence-electron chi connectivity index (χ2n) is 5.12. The minimum absolute atomic E-state index is 0.165. The van der Waals surface area contributed by atoms with Crippen molar-refractivity contribution in [3.8, 4) is 11.3 Å². The van der Waals surface area contributed by atoms with E-state index in [1.165, 1.54) is 12.1 Å². The first-order chi connectivity index (χ1) is 8.44. The number of thiazole rings is 1. The molecule has 0 fully saturated rings. The van der Waals surface area contributed by atoms with Crippen molar-refractivity contribution >= 4 is 11.3 Å². The van der Waals surface area contributed by atoms with Crippen LogP contribution in [0.5, 0.6) is 0 Å². The molecule has 2 N–H and O–H groups in total. The maximum Gasteiger partial charge on any atom is 0.123 e. The Morgan fingerprint density at radius 3 is 2.56 bits per heavy atom. The molecule has 0 aliphatic rings. The van der Waals surface area contributed by atoms with Crippen LogP contribution in [0.25, 0.3) is 11.3 Å². The lowest BCUT2D eigenvalue weighted by Crippen LogP contribution is -2.32. The van der Waals surface area contributed by atoms with Crippen molar-refractivity contribution in [1.82, 2.24) is 4.98 Å². The second-order valence-corrected chi connectivity index (χ2v) is 6.06. The zero-order valence-corrected chi connectivity index (χ0v) is 11.4. The van der Waals surface area contributed by atoms with Crippen molar-refractivity contribution in [3.05, 3.63) is 40.5 Å². The van der Waals surface area contributed by atoms with Gasteiger partial charge in [0, 0.05) is 22.9 Å². The summed E-state index contributed by atoms with van der Waals surface area (Å²) >= 11 is 1.63. The molecule has 1 aromatic heterocycles. The van der Waals surface area contributed by atoms with Crippen LogP contribution < -0.4 is 5.73 Å². The number of aryl methyl sites for hydroxylation is 1. The predicted octanol–water partition coefficient (Wildman–Crippen LogP) is 3.62. The molecule has 2 rings (SSSR count). The molecule has 4 heteroatoms. The predicted molar refractivity (Wildman–Crippen MR) is 74.1 cm³/mol. The Labute approximate surface area is 111 Å². The fourth-order valence-electron chi connectivity index (χ4n) is 1.61. The normalized spacial score (nSPS) is 11.8. The lowest BCUT2D eigenvalue weighted by molar-refractivity contribution is 0.476. The molecule has 0 atom stereocenters. The highest BCUT2D eigenvalue weighted by Gasteiger charge is 2.12. The van der Waals surface area contributed by atoms with E-state index in [0.29, 0.717) is 0 Å². The summed E-state index contributed by atoms with van der Waals surface area (Å²) in [4.78, 5) is 4.55. The maximum absolute atomic E-state index is 12.8. The Balaban J connectivity index is 2.08. The summed E-state index contributed by atoms with van der Waals surface area (Å²) in [5.41, 5.74) is 7.65. The summed E-state index contributed by atoms with van der Waals surface area (Å²) in [6, 6.07) is 6.41. The van der Waals surface area contributed by atoms with Gasteiger partial charge in [0.05, 0.1) is 10.7 Å². The summed E-state index contributed by atoms with van der Waals surface area (Å²) in [5, 5.41) is 3.08. The molecule has 0 bridgehead atoms. The average Bonchev–Trinajstić information content (AvgIpc) is 2.75. The molecule has 0 saturated heterocycles. The number of nitrogens with two attached hydrogens (primary N) is 1. The number of halogens is 1. The first kappa shape index (κ1) is 13.2. The first-order valence-electron chi connectivity index (χ1n) is 5.93. The number of aromatic nitrogens is 1. The van der Waals surface area contributed by atoms with Crippen LogP contribution in [-0.2, 0) is 6.42 Å². The molecule has 2 aromatic rings. The van der Waals surface area contributed by atoms with Crippen LogP contribution in [0.4, 0.5) is 4.39 Å². The molecule has 0 radical (unpaired) electrons. The Bertz CT molecular complexity index is 511. The topological polar surface area (TPSA) is 38.9 Å². The van der Waals surface area contributed by atoms with Crippen LogP contribution in [0.1, 0.15) is 25.3 Å². The molecule has 0 spiro atoms. The lowest BCUT2D eigenvalue weighted by atomic mass is 10.0. The van der Waals surface area contributed by atoms with Crippen LogP contribution in [0.2, 0.25) is 0 Å². The maximum atomic E-state index is 12.8. The molecule has 0 unspecified atom stereocenters. The third kappa shape index (κ3) is 3.62. The molecule has 0 aliphatic heterocycles. The molecule has 1 aromatic carbocycles. The summed E-state index contributed by atoms with van der Waals surface area (Å²) in [5.74, 6) is -0.223. The van der Waals surface area contributed by atoms with Crippen molar-refractivity contribution < 1.29 is 4.39 Å². The van der Waals surface area contributed by atoms with Gasteiger partial charge in [0.1, 0.15) is 5.82 Å². The van der Waals surface area contributed by atoms with Crippen molar-refractivity contribution in [2.75, 3.05) is 0 Å². The molecule has 2 nitrogen and oxygen atoms in total. The van der Waals surface area contributed by atoms with Crippen LogP contribution >= 0.6 is 11.3 Å². The molecule has 0 amide bonds. The molecule has 18 heavy (non-hydrogen) atoms. The minimum atomic E-state index is -0.223. The Morgan fingerprint density at radius 2 is 1.94 bits per heavy atom. The van der Waals surface area contributed by atoms with Crippen molar-refractivity contribution in [2.45, 2.75) is 32.2 Å². The van der Waals surface area contributed by atoms with Crippen LogP contribution in [0.3, 0.4) is 0 Å². The molecule has 1 heterocycles. The summed E-state index contributed by atoms with van der Waals surface area (Å²) < 4.78 is 12.8. The zero-order valence-electron chi connectivity index (χ0n) is 10.6. The quantitative estimate of drug-likeness (QED) is 0.916. The molecule has 96 valence electrons. The lowest BCUT2D eigenvalue weighted by Gasteiger charge is -2.16. The summed E-state index contributed by atoms with van der Waals surface area (Å²) in [6.45, 7) is 4.03. The SMILES string of the molecule is CC(C)(N)CCc1nc(-c2ccc(F)cc2)cs1. The number of hydrogen-bond acceptors (Lipinski definition) is 3. The van der Waals surface area contributed by atoms with E-state index >= 15 is 0 Å². The van der Waals surface area contributed by atoms with Crippen LogP contribution in [0, 0.1) is 5.82 Å². The molecular weight excluding hydrogens is 247 g/mol. The average molecular weight is 264 g/mol. The van der Waals surface area contributed by atoms with E-state index < -0.39 is 0 Å². The molecule has 0 saturated carbocycles. The van der Waals surface area contributed by atoms with Gasteiger partial charge < -0.3 is 5.73 Å². The van der Waals surface area contributed by atoms with E-state index in [4.69, 9.17) is 5.73 Å². The third-order valence-electron chi connectivity index (χ3n) is 2.67. The van der Waals surface area contributed by atoms with E-state index in [0.717, 1.165) is 29.1 Å². The van der Waals surface area contributed by atoms with Gasteiger partial charge in [-0.25, -0.2) is 9.37 Å². The zero-order chi connectivity index (χ0) is 13.2. The van der Waals surface area contributed by atoms with Gasteiger partial charge in [-0.05, 0) is 44.5 Å². The minimum Gasteiger partial charge on any atom is -0.326 e. The first-order valence-corrected chi connectivity index (χ1v) is 6.81. The van der Waals surface area contributed by atoms with E-state index in [-0.39, 0.29) is 11.4 Å². The van der Waals surface area contributed by atoms with Gasteiger partial charge in [0.25, 0.3) is 0 Å². The largest absolute Gasteiger partial charge is 0.326 e. The van der Waals surface area contributed by atoms with E-state index in [1.807, 2.05) is 19.2 Å². The van der Waals surface area contributed by atoms with Crippen LogP contribution in [-0.4, -0.2) is 10.5 Å². The Kier molecular flexibility index (Phi) is 3.78. The van der Waals surface area contributed by atoms with Crippen molar-refractivity contribution in [1.29, 1.82) is 0 Å². The standard InChI is InChI=1S/C14H17FN2S/c1-14(2,16)8-7-13-17-12(9-18-13)10-3-5-11(15)6-4-10/h3-6,9H,7-8,16H2,1-2H3. The fourth-order valence-corrected chi connectivity index (χ4v) is 2.42. The van der Waals surface area contributed by atoms with Crippen LogP contribution in [0.15, 0.2) is 29.6 Å². The molecule has 0 aliphatic carbocycles. The number of benzene rings is 1. The van der Waals surface area contributed by atoms with Crippen molar-refractivity contribution in [2.24, 2.45) is 5.73 Å². The fraction of sp³-hybridized carbons (Fsp3) is 0.357. The van der Waals surface area contributed by atoms with Gasteiger partial charge in [0.2, 0.25) is 0 Å². The number of hydrogen-bond donors (Lipinski definition) is 1. The van der Waals surface area contributed by atoms with Gasteiger partial charge in [0.15, 0.2) is 0 Å². The second kappa shape index (κ2) is 5.16. The van der Waals surface area contributed by atoms with E-state index in [2.05, 4.69) is 4.98 Å². The molecular formula is C14H17FN2S. The Hall–Kier alpha value is -1.26. The highest BCUT2D eigenvalue weighted by molar-refractivity contribution is 7.09. The summed E-state index contributed by atoms with van der Waals surface area (Å²) in [7, 11) is 0. The number of nitrogens with zero attached hydrogens (tertiary/aromatic N) is 1. The highest BCUT2D eigenvalue weighted by atomic mass is 32.1. The highest BCUT2D eigenvalue weighted by Crippen LogP contribution is 2.23. The van der Waals surface area contributed by atoms with Crippen molar-refractivity contribution in [3.63, 3.8) is 0 Å². The van der Waals surface area contributed by atoms with Gasteiger partial charge in [-0.1, -0.05) is 0 Å². The van der Waals surface area contributed by atoms with E-state index in [1.54, 1.807) is 23.5 Å². The number of rotatable bonds is 4. The smallest absolute Gasteiger partial charge is 0.123 e. The summed E-state index contributed by atoms with van der Waals surface area (Å²) in [6.07, 6.45) is 1.79. The Morgan fingerprint density at radius 1 is 1.28 bits per heavy atom.